The summed E-state index contributed by atoms with van der Waals surface area (Å²) in [5.74, 6) is 0.864. The Bertz CT molecular complexity index is 653. The summed E-state index contributed by atoms with van der Waals surface area (Å²) in [7, 11) is 0. The average molecular weight is 290 g/mol. The van der Waals surface area contributed by atoms with Crippen molar-refractivity contribution in [2.45, 2.75) is 26.1 Å². The summed E-state index contributed by atoms with van der Waals surface area (Å²) in [5, 5.41) is 17.0. The lowest BCUT2D eigenvalue weighted by Crippen LogP contribution is -2.39. The Morgan fingerprint density at radius 1 is 1.24 bits per heavy atom. The van der Waals surface area contributed by atoms with Crippen LogP contribution in [-0.2, 0) is 30.9 Å². The molecular formula is C14H15FN4O2. The molecule has 0 bridgehead atoms. The number of hydrogen-bond donors (Lipinski definition) is 1. The van der Waals surface area contributed by atoms with Crippen LogP contribution in [0.2, 0.25) is 0 Å². The van der Waals surface area contributed by atoms with Crippen molar-refractivity contribution >= 4 is 5.91 Å². The van der Waals surface area contributed by atoms with E-state index in [2.05, 4.69) is 10.2 Å². The maximum atomic E-state index is 12.8. The number of rotatable bonds is 3. The standard InChI is InChI=1S/C14H15FN4O2/c15-11-3-1-10(2-4-11)7-14(21)18-5-6-19-12(8-18)16-17-13(19)9-20/h1-4,20H,5-9H2. The summed E-state index contributed by atoms with van der Waals surface area (Å²) in [5.41, 5.74) is 0.782. The molecule has 2 heterocycles. The third-order valence-electron chi connectivity index (χ3n) is 3.59. The van der Waals surface area contributed by atoms with Crippen molar-refractivity contribution in [2.75, 3.05) is 6.54 Å². The second-order valence-electron chi connectivity index (χ2n) is 4.96. The van der Waals surface area contributed by atoms with Gasteiger partial charge in [0.25, 0.3) is 0 Å². The Morgan fingerprint density at radius 2 is 2.00 bits per heavy atom. The first kappa shape index (κ1) is 13.7. The van der Waals surface area contributed by atoms with Crippen molar-refractivity contribution in [1.29, 1.82) is 0 Å². The zero-order chi connectivity index (χ0) is 14.8. The topological polar surface area (TPSA) is 71.2 Å². The fraction of sp³-hybridized carbons (Fsp3) is 0.357. The fourth-order valence-electron chi connectivity index (χ4n) is 2.44. The minimum absolute atomic E-state index is 0.0265. The van der Waals surface area contributed by atoms with Crippen LogP contribution in [0, 0.1) is 5.82 Å². The highest BCUT2D eigenvalue weighted by molar-refractivity contribution is 5.78. The first-order valence-corrected chi connectivity index (χ1v) is 6.71. The van der Waals surface area contributed by atoms with Crippen LogP contribution in [0.5, 0.6) is 0 Å². The summed E-state index contributed by atoms with van der Waals surface area (Å²) in [6, 6.07) is 5.93. The highest BCUT2D eigenvalue weighted by Gasteiger charge is 2.24. The zero-order valence-electron chi connectivity index (χ0n) is 11.4. The first-order valence-electron chi connectivity index (χ1n) is 6.71. The molecule has 0 fully saturated rings. The molecule has 1 aliphatic rings. The quantitative estimate of drug-likeness (QED) is 0.893. The number of aliphatic hydroxyl groups excluding tert-OH is 1. The maximum Gasteiger partial charge on any atom is 0.227 e. The van der Waals surface area contributed by atoms with Crippen LogP contribution in [0.25, 0.3) is 0 Å². The fourth-order valence-corrected chi connectivity index (χ4v) is 2.44. The van der Waals surface area contributed by atoms with E-state index in [-0.39, 0.29) is 24.8 Å². The van der Waals surface area contributed by atoms with Crippen molar-refractivity contribution in [3.8, 4) is 0 Å². The van der Waals surface area contributed by atoms with Crippen molar-refractivity contribution in [3.05, 3.63) is 47.3 Å². The van der Waals surface area contributed by atoms with Gasteiger partial charge in [0.15, 0.2) is 11.6 Å². The summed E-state index contributed by atoms with van der Waals surface area (Å²) in [6.07, 6.45) is 0.237. The van der Waals surface area contributed by atoms with Gasteiger partial charge >= 0.3 is 0 Å². The molecule has 7 heteroatoms. The Morgan fingerprint density at radius 3 is 2.71 bits per heavy atom. The number of aliphatic hydroxyl groups is 1. The lowest BCUT2D eigenvalue weighted by atomic mass is 10.1. The van der Waals surface area contributed by atoms with Crippen LogP contribution in [0.4, 0.5) is 4.39 Å². The molecule has 6 nitrogen and oxygen atoms in total. The molecule has 1 aromatic carbocycles. The van der Waals surface area contributed by atoms with Crippen molar-refractivity contribution in [2.24, 2.45) is 0 Å². The number of carbonyl (C=O) groups excluding carboxylic acids is 1. The van der Waals surface area contributed by atoms with E-state index in [1.165, 1.54) is 12.1 Å². The van der Waals surface area contributed by atoms with Gasteiger partial charge in [0.05, 0.1) is 13.0 Å². The van der Waals surface area contributed by atoms with Crippen LogP contribution in [-0.4, -0.2) is 37.2 Å². The maximum absolute atomic E-state index is 12.8. The molecule has 0 aliphatic carbocycles. The SMILES string of the molecule is O=C(Cc1ccc(F)cc1)N1CCn2c(CO)nnc2C1. The summed E-state index contributed by atoms with van der Waals surface area (Å²) in [4.78, 5) is 14.0. The first-order chi connectivity index (χ1) is 10.2. The molecule has 3 rings (SSSR count). The van der Waals surface area contributed by atoms with E-state index in [9.17, 15) is 9.18 Å². The molecule has 110 valence electrons. The normalized spacial score (nSPS) is 14.1. The monoisotopic (exact) mass is 290 g/mol. The minimum atomic E-state index is -0.311. The molecule has 1 amide bonds. The van der Waals surface area contributed by atoms with E-state index in [0.29, 0.717) is 31.3 Å². The van der Waals surface area contributed by atoms with Gasteiger partial charge in [0.1, 0.15) is 12.4 Å². The summed E-state index contributed by atoms with van der Waals surface area (Å²) >= 11 is 0. The van der Waals surface area contributed by atoms with Crippen molar-refractivity contribution in [3.63, 3.8) is 0 Å². The molecule has 21 heavy (non-hydrogen) atoms. The van der Waals surface area contributed by atoms with Crippen LogP contribution >= 0.6 is 0 Å². The Balaban J connectivity index is 1.68. The Labute approximate surface area is 120 Å². The van der Waals surface area contributed by atoms with Gasteiger partial charge in [-0.15, -0.1) is 10.2 Å². The highest BCUT2D eigenvalue weighted by atomic mass is 19.1. The van der Waals surface area contributed by atoms with Crippen LogP contribution in [0.3, 0.4) is 0 Å². The number of nitrogens with zero attached hydrogens (tertiary/aromatic N) is 4. The lowest BCUT2D eigenvalue weighted by molar-refractivity contribution is -0.132. The molecule has 2 aromatic rings. The number of hydrogen-bond acceptors (Lipinski definition) is 4. The number of fused-ring (bicyclic) bond motifs is 1. The van der Waals surface area contributed by atoms with Gasteiger partial charge in [-0.1, -0.05) is 12.1 Å². The minimum Gasteiger partial charge on any atom is -0.388 e. The zero-order valence-corrected chi connectivity index (χ0v) is 11.4. The van der Waals surface area contributed by atoms with Crippen molar-refractivity contribution in [1.82, 2.24) is 19.7 Å². The molecule has 0 saturated carbocycles. The third-order valence-corrected chi connectivity index (χ3v) is 3.59. The molecule has 1 aliphatic heterocycles. The predicted molar refractivity (Wildman–Crippen MR) is 71.5 cm³/mol. The molecular weight excluding hydrogens is 275 g/mol. The second-order valence-corrected chi connectivity index (χ2v) is 4.96. The van der Waals surface area contributed by atoms with E-state index in [4.69, 9.17) is 5.11 Å². The molecule has 0 unspecified atom stereocenters. The third kappa shape index (κ3) is 2.78. The molecule has 0 spiro atoms. The molecule has 1 aromatic heterocycles. The second kappa shape index (κ2) is 5.61. The lowest BCUT2D eigenvalue weighted by Gasteiger charge is -2.27. The van der Waals surface area contributed by atoms with Crippen LogP contribution in [0.1, 0.15) is 17.2 Å². The van der Waals surface area contributed by atoms with Gasteiger partial charge in [-0.05, 0) is 17.7 Å². The molecule has 0 saturated heterocycles. The summed E-state index contributed by atoms with van der Waals surface area (Å²) in [6.45, 7) is 1.36. The Hall–Kier alpha value is -2.28. The molecule has 1 N–H and O–H groups in total. The van der Waals surface area contributed by atoms with Gasteiger partial charge in [-0.25, -0.2) is 4.39 Å². The van der Waals surface area contributed by atoms with E-state index >= 15 is 0 Å². The van der Waals surface area contributed by atoms with E-state index in [1.807, 2.05) is 4.57 Å². The van der Waals surface area contributed by atoms with Gasteiger partial charge in [0, 0.05) is 13.1 Å². The number of amides is 1. The molecule has 0 radical (unpaired) electrons. The Kier molecular flexibility index (Phi) is 3.66. The smallest absolute Gasteiger partial charge is 0.227 e. The van der Waals surface area contributed by atoms with Gasteiger partial charge in [-0.2, -0.15) is 0 Å². The van der Waals surface area contributed by atoms with Gasteiger partial charge in [-0.3, -0.25) is 4.79 Å². The predicted octanol–water partition coefficient (Wildman–Crippen LogP) is 0.494. The van der Waals surface area contributed by atoms with E-state index < -0.39 is 0 Å². The average Bonchev–Trinajstić information content (AvgIpc) is 2.91. The van der Waals surface area contributed by atoms with Crippen molar-refractivity contribution < 1.29 is 14.3 Å². The van der Waals surface area contributed by atoms with Crippen LogP contribution < -0.4 is 0 Å². The van der Waals surface area contributed by atoms with Gasteiger partial charge in [0.2, 0.25) is 5.91 Å². The number of benzene rings is 1. The highest BCUT2D eigenvalue weighted by Crippen LogP contribution is 2.14. The number of carbonyl (C=O) groups is 1. The van der Waals surface area contributed by atoms with Crippen LogP contribution in [0.15, 0.2) is 24.3 Å². The molecule has 0 atom stereocenters. The number of halogens is 1. The van der Waals surface area contributed by atoms with Gasteiger partial charge < -0.3 is 14.6 Å². The summed E-state index contributed by atoms with van der Waals surface area (Å²) < 4.78 is 14.7. The van der Waals surface area contributed by atoms with E-state index in [0.717, 1.165) is 5.56 Å². The van der Waals surface area contributed by atoms with E-state index in [1.54, 1.807) is 17.0 Å². The largest absolute Gasteiger partial charge is 0.388 e. The number of aromatic nitrogens is 3.